The molecule has 1 aliphatic heterocycles. The summed E-state index contributed by atoms with van der Waals surface area (Å²) >= 11 is 11.9. The topological polar surface area (TPSA) is 66.5 Å². The molecule has 5 nitrogen and oxygen atoms in total. The number of anilines is 1. The highest BCUT2D eigenvalue weighted by molar-refractivity contribution is 7.89. The molecule has 1 heterocycles. The predicted octanol–water partition coefficient (Wildman–Crippen LogP) is 4.99. The van der Waals surface area contributed by atoms with E-state index in [1.54, 1.807) is 18.2 Å². The molecule has 1 N–H and O–H groups in total. The van der Waals surface area contributed by atoms with E-state index in [4.69, 9.17) is 23.2 Å². The Bertz CT molecular complexity index is 1190. The monoisotopic (exact) mass is 460 g/mol. The molecular weight excluding hydrogens is 443 g/mol. The zero-order chi connectivity index (χ0) is 21.3. The van der Waals surface area contributed by atoms with Gasteiger partial charge in [-0.25, -0.2) is 8.42 Å². The number of rotatable bonds is 4. The van der Waals surface area contributed by atoms with Crippen molar-refractivity contribution < 1.29 is 13.2 Å². The van der Waals surface area contributed by atoms with Gasteiger partial charge < -0.3 is 5.32 Å². The molecule has 30 heavy (non-hydrogen) atoms. The summed E-state index contributed by atoms with van der Waals surface area (Å²) in [6.07, 6.45) is 0.679. The second-order valence-corrected chi connectivity index (χ2v) is 9.80. The van der Waals surface area contributed by atoms with Gasteiger partial charge in [-0.3, -0.25) is 4.79 Å². The number of sulfonamides is 1. The maximum atomic E-state index is 13.0. The van der Waals surface area contributed by atoms with Crippen LogP contribution in [0.5, 0.6) is 0 Å². The number of hydrogen-bond acceptors (Lipinski definition) is 3. The van der Waals surface area contributed by atoms with Crippen LogP contribution in [-0.2, 0) is 23.0 Å². The van der Waals surface area contributed by atoms with Crippen LogP contribution >= 0.6 is 23.2 Å². The first-order chi connectivity index (χ1) is 14.3. The number of amides is 1. The highest BCUT2D eigenvalue weighted by Gasteiger charge is 2.28. The molecule has 154 valence electrons. The number of fused-ring (bicyclic) bond motifs is 1. The molecule has 4 rings (SSSR count). The number of nitrogens with one attached hydrogen (secondary N) is 1. The van der Waals surface area contributed by atoms with Crippen LogP contribution in [-0.4, -0.2) is 25.2 Å². The molecule has 3 aromatic carbocycles. The average molecular weight is 461 g/mol. The van der Waals surface area contributed by atoms with Crippen molar-refractivity contribution in [2.24, 2.45) is 0 Å². The molecule has 1 aliphatic rings. The Morgan fingerprint density at radius 1 is 0.900 bits per heavy atom. The van der Waals surface area contributed by atoms with Gasteiger partial charge in [0.2, 0.25) is 10.0 Å². The molecule has 0 atom stereocenters. The molecule has 3 aromatic rings. The smallest absolute Gasteiger partial charge is 0.255 e. The van der Waals surface area contributed by atoms with Crippen molar-refractivity contribution in [1.82, 2.24) is 4.31 Å². The Morgan fingerprint density at radius 3 is 2.20 bits per heavy atom. The normalized spacial score (nSPS) is 14.2. The zero-order valence-electron chi connectivity index (χ0n) is 15.8. The van der Waals surface area contributed by atoms with Crippen LogP contribution in [0.2, 0.25) is 10.0 Å². The minimum absolute atomic E-state index is 0.157. The quantitative estimate of drug-likeness (QED) is 0.595. The summed E-state index contributed by atoms with van der Waals surface area (Å²) in [4.78, 5) is 12.6. The van der Waals surface area contributed by atoms with Crippen molar-refractivity contribution in [1.29, 1.82) is 0 Å². The predicted molar refractivity (Wildman–Crippen MR) is 119 cm³/mol. The molecule has 8 heteroatoms. The van der Waals surface area contributed by atoms with Crippen LogP contribution in [0.3, 0.4) is 0 Å². The van der Waals surface area contributed by atoms with Gasteiger partial charge in [0.1, 0.15) is 0 Å². The van der Waals surface area contributed by atoms with Crippen LogP contribution in [0.1, 0.15) is 21.5 Å². The minimum Gasteiger partial charge on any atom is -0.322 e. The minimum atomic E-state index is -3.65. The van der Waals surface area contributed by atoms with Gasteiger partial charge in [0.25, 0.3) is 5.91 Å². The largest absolute Gasteiger partial charge is 0.322 e. The summed E-state index contributed by atoms with van der Waals surface area (Å²) in [7, 11) is -3.65. The van der Waals surface area contributed by atoms with Crippen LogP contribution in [0.25, 0.3) is 0 Å². The molecule has 0 aromatic heterocycles. The Hall–Kier alpha value is -2.38. The standard InChI is InChI=1S/C22H18Cl2N2O3S/c23-18-11-19(24)13-20(12-18)25-22(27)16-5-7-21(8-6-16)30(28,29)26-10-9-15-3-1-2-4-17(15)14-26/h1-8,11-13H,9-10,14H2,(H,25,27). The molecular formula is C22H18Cl2N2O3S. The Morgan fingerprint density at radius 2 is 1.53 bits per heavy atom. The Labute approximate surface area is 185 Å². The third-order valence-electron chi connectivity index (χ3n) is 4.97. The summed E-state index contributed by atoms with van der Waals surface area (Å²) in [6, 6.07) is 18.5. The number of hydrogen-bond donors (Lipinski definition) is 1. The van der Waals surface area contributed by atoms with E-state index in [2.05, 4.69) is 5.32 Å². The van der Waals surface area contributed by atoms with Crippen LogP contribution < -0.4 is 5.32 Å². The number of benzene rings is 3. The van der Waals surface area contributed by atoms with Gasteiger partial charge in [0.15, 0.2) is 0 Å². The lowest BCUT2D eigenvalue weighted by molar-refractivity contribution is 0.102. The maximum absolute atomic E-state index is 13.0. The molecule has 0 radical (unpaired) electrons. The summed E-state index contributed by atoms with van der Waals surface area (Å²) in [5.74, 6) is -0.385. The Balaban J connectivity index is 1.50. The van der Waals surface area contributed by atoms with E-state index in [0.717, 1.165) is 5.56 Å². The fourth-order valence-electron chi connectivity index (χ4n) is 3.43. The first-order valence-corrected chi connectivity index (χ1v) is 11.5. The van der Waals surface area contributed by atoms with Crippen LogP contribution in [0.4, 0.5) is 5.69 Å². The summed E-state index contributed by atoms with van der Waals surface area (Å²) in [5.41, 5.74) is 2.98. The van der Waals surface area contributed by atoms with Gasteiger partial charge in [-0.2, -0.15) is 4.31 Å². The summed E-state index contributed by atoms with van der Waals surface area (Å²) in [6.45, 7) is 0.771. The van der Waals surface area contributed by atoms with Gasteiger partial charge in [0.05, 0.1) is 4.90 Å². The third kappa shape index (κ3) is 4.37. The fourth-order valence-corrected chi connectivity index (χ4v) is 5.38. The van der Waals surface area contributed by atoms with Gasteiger partial charge >= 0.3 is 0 Å². The lowest BCUT2D eigenvalue weighted by Crippen LogP contribution is -2.35. The lowest BCUT2D eigenvalue weighted by atomic mass is 10.0. The van der Waals surface area contributed by atoms with Crippen molar-refractivity contribution in [3.05, 3.63) is 93.5 Å². The van der Waals surface area contributed by atoms with Crippen LogP contribution in [0.15, 0.2) is 71.6 Å². The molecule has 0 saturated carbocycles. The molecule has 0 fully saturated rings. The average Bonchev–Trinajstić information content (AvgIpc) is 2.72. The van der Waals surface area contributed by atoms with Crippen molar-refractivity contribution >= 4 is 44.8 Å². The highest BCUT2D eigenvalue weighted by Crippen LogP contribution is 2.26. The van der Waals surface area contributed by atoms with E-state index in [9.17, 15) is 13.2 Å². The second kappa shape index (κ2) is 8.40. The third-order valence-corrected chi connectivity index (χ3v) is 7.27. The molecule has 0 saturated heterocycles. The van der Waals surface area contributed by atoms with Crippen molar-refractivity contribution in [3.63, 3.8) is 0 Å². The van der Waals surface area contributed by atoms with Crippen molar-refractivity contribution in [2.45, 2.75) is 17.9 Å². The first kappa shape index (κ1) is 20.9. The highest BCUT2D eigenvalue weighted by atomic mass is 35.5. The van der Waals surface area contributed by atoms with Crippen LogP contribution in [0, 0.1) is 0 Å². The van der Waals surface area contributed by atoms with E-state index in [0.29, 0.717) is 40.8 Å². The number of carbonyl (C=O) groups is 1. The number of halogens is 2. The van der Waals surface area contributed by atoms with E-state index in [-0.39, 0.29) is 10.8 Å². The molecule has 1 amide bonds. The molecule has 0 aliphatic carbocycles. The molecule has 0 spiro atoms. The van der Waals surface area contributed by atoms with E-state index in [1.165, 1.54) is 34.1 Å². The number of carbonyl (C=O) groups excluding carboxylic acids is 1. The van der Waals surface area contributed by atoms with Gasteiger partial charge in [-0.05, 0) is 60.0 Å². The van der Waals surface area contributed by atoms with Gasteiger partial charge in [0, 0.05) is 34.4 Å². The lowest BCUT2D eigenvalue weighted by Gasteiger charge is -2.28. The second-order valence-electron chi connectivity index (χ2n) is 6.99. The molecule has 0 bridgehead atoms. The molecule has 0 unspecified atom stereocenters. The summed E-state index contributed by atoms with van der Waals surface area (Å²) < 4.78 is 27.6. The fraction of sp³-hybridized carbons (Fsp3) is 0.136. The number of nitrogens with zero attached hydrogens (tertiary/aromatic N) is 1. The van der Waals surface area contributed by atoms with E-state index >= 15 is 0 Å². The van der Waals surface area contributed by atoms with Crippen molar-refractivity contribution in [3.8, 4) is 0 Å². The Kier molecular flexibility index (Phi) is 5.84. The summed E-state index contributed by atoms with van der Waals surface area (Å²) in [5, 5.41) is 3.51. The zero-order valence-corrected chi connectivity index (χ0v) is 18.1. The van der Waals surface area contributed by atoms with E-state index in [1.807, 2.05) is 24.3 Å². The first-order valence-electron chi connectivity index (χ1n) is 9.27. The SMILES string of the molecule is O=C(Nc1cc(Cl)cc(Cl)c1)c1ccc(S(=O)(=O)N2CCc3ccccc3C2)cc1. The van der Waals surface area contributed by atoms with Gasteiger partial charge in [-0.15, -0.1) is 0 Å². The van der Waals surface area contributed by atoms with Gasteiger partial charge in [-0.1, -0.05) is 47.5 Å². The van der Waals surface area contributed by atoms with Crippen molar-refractivity contribution in [2.75, 3.05) is 11.9 Å². The van der Waals surface area contributed by atoms with E-state index < -0.39 is 10.0 Å². The maximum Gasteiger partial charge on any atom is 0.255 e.